The number of rotatable bonds is 7. The van der Waals surface area contributed by atoms with Gasteiger partial charge in [-0.3, -0.25) is 9.59 Å². The Balaban J connectivity index is 1.82. The normalized spacial score (nSPS) is 10.2. The van der Waals surface area contributed by atoms with Gasteiger partial charge in [-0.05, 0) is 35.9 Å². The lowest BCUT2D eigenvalue weighted by Crippen LogP contribution is -2.23. The summed E-state index contributed by atoms with van der Waals surface area (Å²) in [5.41, 5.74) is 1.73. The predicted octanol–water partition coefficient (Wildman–Crippen LogP) is 2.52. The Morgan fingerprint density at radius 3 is 2.57 bits per heavy atom. The first-order valence-corrected chi connectivity index (χ1v) is 9.47. The predicted molar refractivity (Wildman–Crippen MR) is 110 cm³/mol. The van der Waals surface area contributed by atoms with Crippen molar-refractivity contribution in [1.29, 1.82) is 0 Å². The number of amides is 2. The van der Waals surface area contributed by atoms with E-state index in [4.69, 9.17) is 9.47 Å². The van der Waals surface area contributed by atoms with E-state index in [0.29, 0.717) is 22.6 Å². The Labute approximate surface area is 176 Å². The van der Waals surface area contributed by atoms with Gasteiger partial charge in [0.05, 0.1) is 43.3 Å². The summed E-state index contributed by atoms with van der Waals surface area (Å²) in [4.78, 5) is 36.8. The van der Waals surface area contributed by atoms with Crippen LogP contribution in [-0.4, -0.2) is 40.8 Å². The lowest BCUT2D eigenvalue weighted by Gasteiger charge is -2.12. The van der Waals surface area contributed by atoms with E-state index in [0.717, 1.165) is 11.7 Å². The van der Waals surface area contributed by atoms with E-state index in [9.17, 15) is 14.4 Å². The van der Waals surface area contributed by atoms with Gasteiger partial charge in [0.25, 0.3) is 11.8 Å². The highest BCUT2D eigenvalue weighted by molar-refractivity contribution is 6.99. The molecule has 0 unspecified atom stereocenters. The minimum atomic E-state index is -0.570. The summed E-state index contributed by atoms with van der Waals surface area (Å²) in [6.45, 7) is 0.110. The molecule has 0 aliphatic rings. The van der Waals surface area contributed by atoms with Crippen LogP contribution in [0.3, 0.4) is 0 Å². The van der Waals surface area contributed by atoms with E-state index in [1.165, 1.54) is 26.5 Å². The molecule has 0 fully saturated rings. The van der Waals surface area contributed by atoms with Crippen molar-refractivity contribution in [2.24, 2.45) is 0 Å². The van der Waals surface area contributed by atoms with E-state index in [-0.39, 0.29) is 17.8 Å². The van der Waals surface area contributed by atoms with Crippen LogP contribution in [0.15, 0.2) is 48.7 Å². The van der Waals surface area contributed by atoms with Crippen molar-refractivity contribution in [3.05, 3.63) is 71.0 Å². The first-order chi connectivity index (χ1) is 14.5. The second-order valence-corrected chi connectivity index (χ2v) is 6.60. The van der Waals surface area contributed by atoms with E-state index in [2.05, 4.69) is 19.4 Å². The van der Waals surface area contributed by atoms with Crippen molar-refractivity contribution < 1.29 is 23.9 Å². The Kier molecular flexibility index (Phi) is 6.71. The average molecular weight is 426 g/mol. The molecule has 9 nitrogen and oxygen atoms in total. The van der Waals surface area contributed by atoms with Crippen LogP contribution in [0.2, 0.25) is 0 Å². The second-order valence-electron chi connectivity index (χ2n) is 6.04. The number of anilines is 1. The average Bonchev–Trinajstić information content (AvgIpc) is 3.31. The molecule has 0 saturated heterocycles. The molecule has 0 aliphatic heterocycles. The van der Waals surface area contributed by atoms with Gasteiger partial charge in [0, 0.05) is 12.2 Å². The third kappa shape index (κ3) is 4.97. The van der Waals surface area contributed by atoms with Gasteiger partial charge in [-0.2, -0.15) is 8.75 Å². The third-order valence-electron chi connectivity index (χ3n) is 4.07. The maximum Gasteiger partial charge on any atom is 0.337 e. The maximum atomic E-state index is 12.7. The quantitative estimate of drug-likeness (QED) is 0.557. The van der Waals surface area contributed by atoms with Crippen LogP contribution < -0.4 is 15.4 Å². The SMILES string of the molecule is COC(=O)c1cc(CNC(=O)c2cnsn2)cc(NC(=O)c2ccccc2OC)c1. The molecule has 10 heteroatoms. The van der Waals surface area contributed by atoms with Gasteiger partial charge in [0.15, 0.2) is 5.69 Å². The molecule has 0 saturated carbocycles. The maximum absolute atomic E-state index is 12.7. The first kappa shape index (κ1) is 20.9. The van der Waals surface area contributed by atoms with Gasteiger partial charge in [0.2, 0.25) is 0 Å². The van der Waals surface area contributed by atoms with E-state index >= 15 is 0 Å². The van der Waals surface area contributed by atoms with Crippen molar-refractivity contribution >= 4 is 35.2 Å². The second kappa shape index (κ2) is 9.61. The van der Waals surface area contributed by atoms with Crippen LogP contribution in [0.5, 0.6) is 5.75 Å². The topological polar surface area (TPSA) is 120 Å². The van der Waals surface area contributed by atoms with Crippen LogP contribution in [-0.2, 0) is 11.3 Å². The number of benzene rings is 2. The summed E-state index contributed by atoms with van der Waals surface area (Å²) in [6.07, 6.45) is 1.36. The Hall–Kier alpha value is -3.79. The third-order valence-corrected chi connectivity index (χ3v) is 4.55. The van der Waals surface area contributed by atoms with Crippen molar-refractivity contribution in [3.8, 4) is 5.75 Å². The van der Waals surface area contributed by atoms with Crippen LogP contribution in [0.4, 0.5) is 5.69 Å². The van der Waals surface area contributed by atoms with Gasteiger partial charge >= 0.3 is 5.97 Å². The zero-order valence-corrected chi connectivity index (χ0v) is 17.0. The van der Waals surface area contributed by atoms with Crippen LogP contribution >= 0.6 is 11.7 Å². The highest BCUT2D eigenvalue weighted by Gasteiger charge is 2.15. The minimum Gasteiger partial charge on any atom is -0.496 e. The number of hydrogen-bond acceptors (Lipinski definition) is 8. The number of nitrogens with one attached hydrogen (secondary N) is 2. The number of nitrogens with zero attached hydrogens (tertiary/aromatic N) is 2. The summed E-state index contributed by atoms with van der Waals surface area (Å²) in [5.74, 6) is -0.951. The Morgan fingerprint density at radius 2 is 1.87 bits per heavy atom. The van der Waals surface area contributed by atoms with Crippen LogP contribution in [0.1, 0.15) is 36.8 Å². The Morgan fingerprint density at radius 1 is 1.07 bits per heavy atom. The zero-order valence-electron chi connectivity index (χ0n) is 16.2. The molecule has 30 heavy (non-hydrogen) atoms. The largest absolute Gasteiger partial charge is 0.496 e. The lowest BCUT2D eigenvalue weighted by molar-refractivity contribution is 0.0600. The Bertz CT molecular complexity index is 1070. The highest BCUT2D eigenvalue weighted by atomic mass is 32.1. The number of carbonyl (C=O) groups excluding carboxylic acids is 3. The van der Waals surface area contributed by atoms with E-state index in [1.807, 2.05) is 0 Å². The van der Waals surface area contributed by atoms with Crippen molar-refractivity contribution in [1.82, 2.24) is 14.1 Å². The molecular weight excluding hydrogens is 408 g/mol. The molecule has 0 atom stereocenters. The molecular formula is C20H18N4O5S. The number of carbonyl (C=O) groups is 3. The van der Waals surface area contributed by atoms with Gasteiger partial charge in [0.1, 0.15) is 5.75 Å². The van der Waals surface area contributed by atoms with Gasteiger partial charge in [-0.15, -0.1) is 0 Å². The molecule has 0 bridgehead atoms. The molecule has 2 aromatic carbocycles. The van der Waals surface area contributed by atoms with Crippen LogP contribution in [0, 0.1) is 0 Å². The molecule has 1 heterocycles. The molecule has 3 aromatic rings. The number of hydrogen-bond donors (Lipinski definition) is 2. The summed E-state index contributed by atoms with van der Waals surface area (Å²) >= 11 is 0.929. The fourth-order valence-corrected chi connectivity index (χ4v) is 3.08. The fraction of sp³-hybridized carbons (Fsp3) is 0.150. The number of ether oxygens (including phenoxy) is 2. The summed E-state index contributed by atoms with van der Waals surface area (Å²) in [5, 5.41) is 5.44. The van der Waals surface area contributed by atoms with Gasteiger partial charge < -0.3 is 20.1 Å². The molecule has 0 aliphatic carbocycles. The molecule has 0 radical (unpaired) electrons. The zero-order chi connectivity index (χ0) is 21.5. The van der Waals surface area contributed by atoms with Crippen LogP contribution in [0.25, 0.3) is 0 Å². The number of aromatic nitrogens is 2. The van der Waals surface area contributed by atoms with Gasteiger partial charge in [-0.25, -0.2) is 4.79 Å². The van der Waals surface area contributed by atoms with Gasteiger partial charge in [-0.1, -0.05) is 12.1 Å². The standard InChI is InChI=1S/C20H18N4O5S/c1-28-17-6-4-3-5-15(17)18(25)23-14-8-12(7-13(9-14)20(27)29-2)10-21-19(26)16-11-22-30-24-16/h3-9,11H,10H2,1-2H3,(H,21,26)(H,23,25). The number of methoxy groups -OCH3 is 2. The summed E-state index contributed by atoms with van der Waals surface area (Å²) in [6, 6.07) is 11.5. The first-order valence-electron chi connectivity index (χ1n) is 8.74. The molecule has 1 aromatic heterocycles. The summed E-state index contributed by atoms with van der Waals surface area (Å²) in [7, 11) is 2.74. The van der Waals surface area contributed by atoms with E-state index < -0.39 is 17.8 Å². The van der Waals surface area contributed by atoms with Crippen molar-refractivity contribution in [3.63, 3.8) is 0 Å². The fourth-order valence-electron chi connectivity index (χ4n) is 2.67. The lowest BCUT2D eigenvalue weighted by atomic mass is 10.1. The van der Waals surface area contributed by atoms with Crippen molar-refractivity contribution in [2.45, 2.75) is 6.54 Å². The molecule has 3 rings (SSSR count). The smallest absolute Gasteiger partial charge is 0.337 e. The van der Waals surface area contributed by atoms with E-state index in [1.54, 1.807) is 36.4 Å². The number of esters is 1. The highest BCUT2D eigenvalue weighted by Crippen LogP contribution is 2.21. The molecule has 154 valence electrons. The molecule has 0 spiro atoms. The summed E-state index contributed by atoms with van der Waals surface area (Å²) < 4.78 is 17.7. The van der Waals surface area contributed by atoms with Crippen molar-refractivity contribution in [2.75, 3.05) is 19.5 Å². The molecule has 2 amide bonds. The molecule has 2 N–H and O–H groups in total. The monoisotopic (exact) mass is 426 g/mol. The minimum absolute atomic E-state index is 0.110. The number of para-hydroxylation sites is 1.